The monoisotopic (exact) mass is 399 g/mol. The van der Waals surface area contributed by atoms with Crippen molar-refractivity contribution in [1.29, 1.82) is 0 Å². The number of benzene rings is 2. The molecule has 0 bridgehead atoms. The van der Waals surface area contributed by atoms with Crippen molar-refractivity contribution in [2.45, 2.75) is 31.3 Å². The van der Waals surface area contributed by atoms with Gasteiger partial charge < -0.3 is 5.32 Å². The van der Waals surface area contributed by atoms with Gasteiger partial charge in [-0.15, -0.1) is 0 Å². The maximum absolute atomic E-state index is 12.7. The number of hydrogen-bond acceptors (Lipinski definition) is 5. The number of nitrogens with zero attached hydrogens (tertiary/aromatic N) is 3. The normalized spacial score (nSPS) is 12.4. The van der Waals surface area contributed by atoms with E-state index < -0.39 is 10.0 Å². The number of amides is 1. The first kappa shape index (κ1) is 19.6. The van der Waals surface area contributed by atoms with E-state index in [0.717, 1.165) is 5.56 Å². The molecule has 0 aliphatic carbocycles. The van der Waals surface area contributed by atoms with Crippen molar-refractivity contribution in [2.75, 3.05) is 4.72 Å². The Kier molecular flexibility index (Phi) is 5.74. The van der Waals surface area contributed by atoms with Gasteiger partial charge in [0.1, 0.15) is 12.7 Å². The summed E-state index contributed by atoms with van der Waals surface area (Å²) in [5, 5.41) is 6.82. The van der Waals surface area contributed by atoms with Gasteiger partial charge in [0.25, 0.3) is 15.9 Å². The third-order valence-corrected chi connectivity index (χ3v) is 5.36. The molecule has 8 nitrogen and oxygen atoms in total. The molecule has 0 radical (unpaired) electrons. The van der Waals surface area contributed by atoms with Crippen LogP contribution in [0, 0.1) is 6.92 Å². The zero-order valence-corrected chi connectivity index (χ0v) is 16.3. The third-order valence-electron chi connectivity index (χ3n) is 3.98. The van der Waals surface area contributed by atoms with Gasteiger partial charge in [0.05, 0.1) is 11.4 Å². The lowest BCUT2D eigenvalue weighted by Gasteiger charge is -2.14. The molecule has 1 aromatic heterocycles. The van der Waals surface area contributed by atoms with Crippen LogP contribution < -0.4 is 10.0 Å². The summed E-state index contributed by atoms with van der Waals surface area (Å²) in [6, 6.07) is 12.8. The summed E-state index contributed by atoms with van der Waals surface area (Å²) in [4.78, 5) is 16.4. The molecule has 0 aliphatic rings. The Morgan fingerprint density at radius 2 is 1.96 bits per heavy atom. The largest absolute Gasteiger partial charge is 0.348 e. The molecule has 1 heterocycles. The molecule has 0 saturated heterocycles. The van der Waals surface area contributed by atoms with Crippen LogP contribution in [-0.2, 0) is 16.6 Å². The lowest BCUT2D eigenvalue weighted by atomic mass is 10.2. The maximum atomic E-state index is 12.7. The topological polar surface area (TPSA) is 106 Å². The number of nitrogens with one attached hydrogen (secondary N) is 2. The van der Waals surface area contributed by atoms with E-state index in [0.29, 0.717) is 12.2 Å². The first-order chi connectivity index (χ1) is 13.3. The fourth-order valence-corrected chi connectivity index (χ4v) is 3.78. The average Bonchev–Trinajstić information content (AvgIpc) is 3.14. The Bertz CT molecular complexity index is 1060. The van der Waals surface area contributed by atoms with Crippen LogP contribution in [0.4, 0.5) is 5.69 Å². The fraction of sp³-hybridized carbons (Fsp3) is 0.211. The van der Waals surface area contributed by atoms with E-state index in [-0.39, 0.29) is 22.4 Å². The molecule has 1 unspecified atom stereocenters. The molecule has 0 aliphatic heterocycles. The highest BCUT2D eigenvalue weighted by Crippen LogP contribution is 2.18. The predicted octanol–water partition coefficient (Wildman–Crippen LogP) is 2.21. The summed E-state index contributed by atoms with van der Waals surface area (Å²) in [5.74, 6) is -0.361. The number of sulfonamides is 1. The minimum absolute atomic E-state index is 0.0191. The molecule has 1 atom stereocenters. The second kappa shape index (κ2) is 8.22. The van der Waals surface area contributed by atoms with Gasteiger partial charge in [-0.1, -0.05) is 18.2 Å². The Hall–Kier alpha value is -3.20. The Labute approximate surface area is 163 Å². The quantitative estimate of drug-likeness (QED) is 0.634. The van der Waals surface area contributed by atoms with Crippen LogP contribution in [0.5, 0.6) is 0 Å². The van der Waals surface area contributed by atoms with Gasteiger partial charge in [-0.05, 0) is 49.7 Å². The van der Waals surface area contributed by atoms with E-state index in [4.69, 9.17) is 0 Å². The Balaban J connectivity index is 1.72. The number of carbonyl (C=O) groups is 1. The predicted molar refractivity (Wildman–Crippen MR) is 105 cm³/mol. The van der Waals surface area contributed by atoms with Crippen LogP contribution >= 0.6 is 0 Å². The lowest BCUT2D eigenvalue weighted by molar-refractivity contribution is 0.0935. The van der Waals surface area contributed by atoms with Crippen molar-refractivity contribution in [1.82, 2.24) is 20.1 Å². The minimum Gasteiger partial charge on any atom is -0.348 e. The summed E-state index contributed by atoms with van der Waals surface area (Å²) < 4.78 is 29.5. The summed E-state index contributed by atoms with van der Waals surface area (Å²) in [6.07, 6.45) is 2.98. The summed E-state index contributed by atoms with van der Waals surface area (Å²) in [7, 11) is -3.81. The van der Waals surface area contributed by atoms with E-state index in [9.17, 15) is 13.2 Å². The van der Waals surface area contributed by atoms with Gasteiger partial charge in [-0.25, -0.2) is 13.4 Å². The van der Waals surface area contributed by atoms with Crippen molar-refractivity contribution in [2.24, 2.45) is 0 Å². The summed E-state index contributed by atoms with van der Waals surface area (Å²) in [6.45, 7) is 4.17. The summed E-state index contributed by atoms with van der Waals surface area (Å²) >= 11 is 0. The Morgan fingerprint density at radius 3 is 2.68 bits per heavy atom. The molecule has 0 spiro atoms. The molecule has 2 N–H and O–H groups in total. The number of aromatic nitrogens is 3. The maximum Gasteiger partial charge on any atom is 0.261 e. The smallest absolute Gasteiger partial charge is 0.261 e. The zero-order valence-electron chi connectivity index (χ0n) is 15.5. The first-order valence-electron chi connectivity index (χ1n) is 8.66. The Morgan fingerprint density at radius 1 is 1.18 bits per heavy atom. The SMILES string of the molecule is Cc1cccc(NS(=O)(=O)c2cccc(C(=O)NC(C)Cn3cncn3)c2)c1. The molecular weight excluding hydrogens is 378 g/mol. The highest BCUT2D eigenvalue weighted by Gasteiger charge is 2.17. The van der Waals surface area contributed by atoms with Gasteiger partial charge in [-0.2, -0.15) is 5.10 Å². The van der Waals surface area contributed by atoms with Crippen LogP contribution in [0.2, 0.25) is 0 Å². The second-order valence-corrected chi connectivity index (χ2v) is 8.18. The highest BCUT2D eigenvalue weighted by molar-refractivity contribution is 7.92. The van der Waals surface area contributed by atoms with Crippen LogP contribution in [0.15, 0.2) is 66.1 Å². The molecule has 0 saturated carbocycles. The van der Waals surface area contributed by atoms with E-state index in [1.54, 1.807) is 41.3 Å². The van der Waals surface area contributed by atoms with Crippen molar-refractivity contribution in [3.63, 3.8) is 0 Å². The molecule has 2 aromatic carbocycles. The minimum atomic E-state index is -3.81. The lowest BCUT2D eigenvalue weighted by Crippen LogP contribution is -2.35. The number of aryl methyl sites for hydroxylation is 1. The summed E-state index contributed by atoms with van der Waals surface area (Å²) in [5.41, 5.74) is 1.67. The van der Waals surface area contributed by atoms with Crippen molar-refractivity contribution >= 4 is 21.6 Å². The van der Waals surface area contributed by atoms with Gasteiger partial charge in [-0.3, -0.25) is 14.2 Å². The number of rotatable bonds is 7. The molecule has 3 rings (SSSR count). The second-order valence-electron chi connectivity index (χ2n) is 6.49. The van der Waals surface area contributed by atoms with Gasteiger partial charge in [0.15, 0.2) is 0 Å². The number of carbonyl (C=O) groups excluding carboxylic acids is 1. The molecule has 146 valence electrons. The van der Waals surface area contributed by atoms with Gasteiger partial charge >= 0.3 is 0 Å². The van der Waals surface area contributed by atoms with E-state index in [2.05, 4.69) is 20.1 Å². The molecule has 9 heteroatoms. The van der Waals surface area contributed by atoms with E-state index in [1.165, 1.54) is 18.5 Å². The fourth-order valence-electron chi connectivity index (χ4n) is 2.69. The van der Waals surface area contributed by atoms with Crippen molar-refractivity contribution < 1.29 is 13.2 Å². The van der Waals surface area contributed by atoms with Gasteiger partial charge in [0.2, 0.25) is 0 Å². The molecule has 0 fully saturated rings. The molecule has 3 aromatic rings. The van der Waals surface area contributed by atoms with Crippen molar-refractivity contribution in [3.05, 3.63) is 72.3 Å². The van der Waals surface area contributed by atoms with E-state index in [1.807, 2.05) is 19.9 Å². The van der Waals surface area contributed by atoms with Gasteiger partial charge in [0, 0.05) is 17.3 Å². The standard InChI is InChI=1S/C19H21N5O3S/c1-14-5-3-7-17(9-14)23-28(26,27)18-8-4-6-16(10-18)19(25)22-15(2)11-24-13-20-12-21-24/h3-10,12-13,15,23H,11H2,1-2H3,(H,22,25). The first-order valence-corrected chi connectivity index (χ1v) is 10.1. The van der Waals surface area contributed by atoms with Crippen molar-refractivity contribution in [3.8, 4) is 0 Å². The van der Waals surface area contributed by atoms with E-state index >= 15 is 0 Å². The number of anilines is 1. The van der Waals surface area contributed by atoms with Crippen LogP contribution in [0.25, 0.3) is 0 Å². The molecule has 1 amide bonds. The van der Waals surface area contributed by atoms with Crippen LogP contribution in [-0.4, -0.2) is 35.1 Å². The molecule has 28 heavy (non-hydrogen) atoms. The highest BCUT2D eigenvalue weighted by atomic mass is 32.2. The zero-order chi connectivity index (χ0) is 20.1. The molecular formula is C19H21N5O3S. The third kappa shape index (κ3) is 4.95. The van der Waals surface area contributed by atoms with Crippen LogP contribution in [0.1, 0.15) is 22.8 Å². The average molecular weight is 399 g/mol. The van der Waals surface area contributed by atoms with Crippen LogP contribution in [0.3, 0.4) is 0 Å². The number of hydrogen-bond donors (Lipinski definition) is 2.